The Hall–Kier alpha value is -0.870. The van der Waals surface area contributed by atoms with Crippen molar-refractivity contribution in [2.75, 3.05) is 19.7 Å². The van der Waals surface area contributed by atoms with Crippen molar-refractivity contribution in [2.45, 2.75) is 38.2 Å². The molecule has 1 N–H and O–H groups in total. The third-order valence-electron chi connectivity index (χ3n) is 3.27. The molecule has 2 rings (SSSR count). The molecule has 1 aromatic rings. The number of aromatic nitrogens is 2. The molecule has 2 heterocycles. The summed E-state index contributed by atoms with van der Waals surface area (Å²) in [7, 11) is 1.96. The van der Waals surface area contributed by atoms with E-state index in [9.17, 15) is 0 Å². The maximum atomic E-state index is 5.69. The molecule has 1 unspecified atom stereocenters. The maximum Gasteiger partial charge on any atom is 0.0587 e. The van der Waals surface area contributed by atoms with Crippen LogP contribution in [0.5, 0.6) is 0 Å². The lowest BCUT2D eigenvalue weighted by Gasteiger charge is -2.22. The highest BCUT2D eigenvalue weighted by Gasteiger charge is 2.12. The second-order valence-electron chi connectivity index (χ2n) is 4.80. The standard InChI is InChI=1S/C13H23N3O/c1-16-11-12(10-15-16)5-7-14-8-6-13-4-2-3-9-17-13/h10-11,13-14H,2-9H2,1H3. The van der Waals surface area contributed by atoms with Crippen LogP contribution in [0, 0.1) is 0 Å². The smallest absolute Gasteiger partial charge is 0.0587 e. The van der Waals surface area contributed by atoms with Gasteiger partial charge in [0.25, 0.3) is 0 Å². The molecule has 0 radical (unpaired) electrons. The summed E-state index contributed by atoms with van der Waals surface area (Å²) in [5, 5.41) is 7.63. The lowest BCUT2D eigenvalue weighted by atomic mass is 10.1. The summed E-state index contributed by atoms with van der Waals surface area (Å²) in [6.45, 7) is 3.05. The first kappa shape index (κ1) is 12.6. The van der Waals surface area contributed by atoms with Crippen molar-refractivity contribution >= 4 is 0 Å². The van der Waals surface area contributed by atoms with E-state index in [1.54, 1.807) is 0 Å². The Kier molecular flexibility index (Phi) is 5.01. The minimum atomic E-state index is 0.495. The molecule has 4 nitrogen and oxygen atoms in total. The molecular formula is C13H23N3O. The van der Waals surface area contributed by atoms with Crippen molar-refractivity contribution in [2.24, 2.45) is 7.05 Å². The largest absolute Gasteiger partial charge is 0.378 e. The van der Waals surface area contributed by atoms with E-state index in [4.69, 9.17) is 4.74 Å². The van der Waals surface area contributed by atoms with Gasteiger partial charge in [-0.05, 0) is 50.8 Å². The van der Waals surface area contributed by atoms with E-state index in [0.717, 1.165) is 32.5 Å². The Balaban J connectivity index is 1.51. The van der Waals surface area contributed by atoms with Gasteiger partial charge in [0.1, 0.15) is 0 Å². The van der Waals surface area contributed by atoms with Gasteiger partial charge in [-0.15, -0.1) is 0 Å². The fourth-order valence-electron chi connectivity index (χ4n) is 2.26. The third-order valence-corrected chi connectivity index (χ3v) is 3.27. The predicted octanol–water partition coefficient (Wildman–Crippen LogP) is 1.51. The summed E-state index contributed by atoms with van der Waals surface area (Å²) < 4.78 is 7.55. The zero-order chi connectivity index (χ0) is 11.9. The van der Waals surface area contributed by atoms with Gasteiger partial charge in [-0.1, -0.05) is 0 Å². The maximum absolute atomic E-state index is 5.69. The Labute approximate surface area is 103 Å². The monoisotopic (exact) mass is 237 g/mol. The van der Waals surface area contributed by atoms with Crippen molar-refractivity contribution in [3.05, 3.63) is 18.0 Å². The first-order chi connectivity index (χ1) is 8.34. The molecule has 1 aliphatic heterocycles. The van der Waals surface area contributed by atoms with Crippen LogP contribution in [-0.2, 0) is 18.2 Å². The normalized spacial score (nSPS) is 20.6. The van der Waals surface area contributed by atoms with Gasteiger partial charge in [-0.2, -0.15) is 5.10 Å². The number of aryl methyl sites for hydroxylation is 1. The molecular weight excluding hydrogens is 214 g/mol. The van der Waals surface area contributed by atoms with Crippen LogP contribution < -0.4 is 5.32 Å². The second kappa shape index (κ2) is 6.77. The summed E-state index contributed by atoms with van der Waals surface area (Å²) in [4.78, 5) is 0. The first-order valence-corrected chi connectivity index (χ1v) is 6.64. The summed E-state index contributed by atoms with van der Waals surface area (Å²) in [5.74, 6) is 0. The highest BCUT2D eigenvalue weighted by atomic mass is 16.5. The molecule has 0 aliphatic carbocycles. The molecule has 0 aromatic carbocycles. The fraction of sp³-hybridized carbons (Fsp3) is 0.769. The van der Waals surface area contributed by atoms with Crippen LogP contribution in [-0.4, -0.2) is 35.6 Å². The average molecular weight is 237 g/mol. The second-order valence-corrected chi connectivity index (χ2v) is 4.80. The molecule has 0 spiro atoms. The number of hydrogen-bond acceptors (Lipinski definition) is 3. The van der Waals surface area contributed by atoms with Crippen molar-refractivity contribution in [1.29, 1.82) is 0 Å². The fourth-order valence-corrected chi connectivity index (χ4v) is 2.26. The minimum Gasteiger partial charge on any atom is -0.378 e. The van der Waals surface area contributed by atoms with Gasteiger partial charge in [0, 0.05) is 19.9 Å². The molecule has 17 heavy (non-hydrogen) atoms. The molecule has 1 atom stereocenters. The van der Waals surface area contributed by atoms with Crippen molar-refractivity contribution in [3.63, 3.8) is 0 Å². The van der Waals surface area contributed by atoms with E-state index in [-0.39, 0.29) is 0 Å². The van der Waals surface area contributed by atoms with Crippen molar-refractivity contribution in [1.82, 2.24) is 15.1 Å². The number of ether oxygens (including phenoxy) is 1. The zero-order valence-electron chi connectivity index (χ0n) is 10.7. The summed E-state index contributed by atoms with van der Waals surface area (Å²) in [6, 6.07) is 0. The zero-order valence-corrected chi connectivity index (χ0v) is 10.7. The highest BCUT2D eigenvalue weighted by Crippen LogP contribution is 2.14. The Bertz CT molecular complexity index is 318. The lowest BCUT2D eigenvalue weighted by molar-refractivity contribution is 0.0116. The molecule has 0 amide bonds. The summed E-state index contributed by atoms with van der Waals surface area (Å²) >= 11 is 0. The quantitative estimate of drug-likeness (QED) is 0.762. The van der Waals surface area contributed by atoms with E-state index in [0.29, 0.717) is 6.10 Å². The van der Waals surface area contributed by atoms with Crippen molar-refractivity contribution < 1.29 is 4.74 Å². The van der Waals surface area contributed by atoms with Crippen LogP contribution in [0.4, 0.5) is 0 Å². The van der Waals surface area contributed by atoms with Crippen LogP contribution in [0.3, 0.4) is 0 Å². The van der Waals surface area contributed by atoms with Crippen molar-refractivity contribution in [3.8, 4) is 0 Å². The van der Waals surface area contributed by atoms with Crippen LogP contribution >= 0.6 is 0 Å². The van der Waals surface area contributed by atoms with Gasteiger partial charge < -0.3 is 10.1 Å². The number of nitrogens with one attached hydrogen (secondary N) is 1. The number of nitrogens with zero attached hydrogens (tertiary/aromatic N) is 2. The molecule has 4 heteroatoms. The van der Waals surface area contributed by atoms with Crippen LogP contribution in [0.1, 0.15) is 31.2 Å². The van der Waals surface area contributed by atoms with Gasteiger partial charge in [0.2, 0.25) is 0 Å². The molecule has 1 aliphatic rings. The van der Waals surface area contributed by atoms with Gasteiger partial charge in [-0.25, -0.2) is 0 Å². The van der Waals surface area contributed by atoms with E-state index < -0.39 is 0 Å². The molecule has 1 saturated heterocycles. The van der Waals surface area contributed by atoms with Crippen LogP contribution in [0.25, 0.3) is 0 Å². The van der Waals surface area contributed by atoms with E-state index >= 15 is 0 Å². The van der Waals surface area contributed by atoms with Crippen LogP contribution in [0.15, 0.2) is 12.4 Å². The first-order valence-electron chi connectivity index (χ1n) is 6.64. The predicted molar refractivity (Wildman–Crippen MR) is 68.0 cm³/mol. The van der Waals surface area contributed by atoms with Gasteiger partial charge in [0.05, 0.1) is 12.3 Å². The summed E-state index contributed by atoms with van der Waals surface area (Å²) in [5.41, 5.74) is 1.30. The Morgan fingerprint density at radius 3 is 3.12 bits per heavy atom. The summed E-state index contributed by atoms with van der Waals surface area (Å²) in [6.07, 6.45) is 10.5. The molecule has 0 saturated carbocycles. The average Bonchev–Trinajstić information content (AvgIpc) is 2.76. The van der Waals surface area contributed by atoms with Crippen LogP contribution in [0.2, 0.25) is 0 Å². The van der Waals surface area contributed by atoms with E-state index in [2.05, 4.69) is 16.6 Å². The molecule has 0 bridgehead atoms. The van der Waals surface area contributed by atoms with E-state index in [1.807, 2.05) is 17.9 Å². The van der Waals surface area contributed by atoms with Gasteiger partial charge in [0.15, 0.2) is 0 Å². The number of hydrogen-bond donors (Lipinski definition) is 1. The molecule has 1 fully saturated rings. The molecule has 96 valence electrons. The SMILES string of the molecule is Cn1cc(CCNCCC2CCCCO2)cn1. The lowest BCUT2D eigenvalue weighted by Crippen LogP contribution is -2.26. The van der Waals surface area contributed by atoms with Gasteiger partial charge in [-0.3, -0.25) is 4.68 Å². The Morgan fingerprint density at radius 2 is 2.41 bits per heavy atom. The third kappa shape index (κ3) is 4.48. The Morgan fingerprint density at radius 1 is 1.47 bits per heavy atom. The highest BCUT2D eigenvalue weighted by molar-refractivity contribution is 5.03. The molecule has 1 aromatic heterocycles. The van der Waals surface area contributed by atoms with Gasteiger partial charge >= 0.3 is 0 Å². The minimum absolute atomic E-state index is 0.495. The number of rotatable bonds is 6. The van der Waals surface area contributed by atoms with E-state index in [1.165, 1.54) is 24.8 Å². The topological polar surface area (TPSA) is 39.1 Å².